The van der Waals surface area contributed by atoms with Gasteiger partial charge in [0.05, 0.1) is 17.9 Å². The van der Waals surface area contributed by atoms with Gasteiger partial charge in [-0.25, -0.2) is 0 Å². The maximum absolute atomic E-state index is 12.9. The maximum atomic E-state index is 12.9. The summed E-state index contributed by atoms with van der Waals surface area (Å²) in [6.45, 7) is 6.01. The molecule has 4 heteroatoms. The quantitative estimate of drug-likeness (QED) is 0.831. The Morgan fingerprint density at radius 3 is 2.21 bits per heavy atom. The van der Waals surface area contributed by atoms with E-state index >= 15 is 0 Å². The van der Waals surface area contributed by atoms with Gasteiger partial charge in [-0.2, -0.15) is 0 Å². The number of carboxylic acids is 1. The van der Waals surface area contributed by atoms with Crippen molar-refractivity contribution < 1.29 is 14.7 Å². The third kappa shape index (κ3) is 2.74. The largest absolute Gasteiger partial charge is 0.481 e. The molecule has 2 aliphatic rings. The summed E-state index contributed by atoms with van der Waals surface area (Å²) in [6, 6.07) is 9.65. The van der Waals surface area contributed by atoms with Gasteiger partial charge in [0.25, 0.3) is 0 Å². The summed E-state index contributed by atoms with van der Waals surface area (Å²) in [5.74, 6) is -1.88. The molecule has 0 aliphatic heterocycles. The number of hydrogen-bond donors (Lipinski definition) is 2. The van der Waals surface area contributed by atoms with Crippen LogP contribution in [0, 0.1) is 23.7 Å². The molecule has 2 aliphatic carbocycles. The van der Waals surface area contributed by atoms with Gasteiger partial charge >= 0.3 is 5.97 Å². The highest BCUT2D eigenvalue weighted by molar-refractivity contribution is 5.87. The molecule has 0 heterocycles. The summed E-state index contributed by atoms with van der Waals surface area (Å²) in [6.07, 6.45) is 1.81. The number of carboxylic acid groups (broad SMARTS) is 1. The minimum Gasteiger partial charge on any atom is -0.481 e. The van der Waals surface area contributed by atoms with Crippen molar-refractivity contribution in [2.24, 2.45) is 23.7 Å². The monoisotopic (exact) mass is 327 g/mol. The predicted octanol–water partition coefficient (Wildman–Crippen LogP) is 3.56. The van der Waals surface area contributed by atoms with Crippen molar-refractivity contribution in [1.82, 2.24) is 5.32 Å². The van der Waals surface area contributed by atoms with E-state index in [9.17, 15) is 14.7 Å². The van der Waals surface area contributed by atoms with Crippen molar-refractivity contribution in [2.45, 2.75) is 39.7 Å². The van der Waals surface area contributed by atoms with Gasteiger partial charge < -0.3 is 10.4 Å². The van der Waals surface area contributed by atoms with Crippen LogP contribution in [0.2, 0.25) is 0 Å². The average Bonchev–Trinajstić information content (AvgIpc) is 3.11. The van der Waals surface area contributed by atoms with Crippen molar-refractivity contribution in [3.05, 3.63) is 47.0 Å². The Hall–Kier alpha value is -2.10. The van der Waals surface area contributed by atoms with Gasteiger partial charge in [-0.15, -0.1) is 0 Å². The number of benzene rings is 1. The first-order valence-corrected chi connectivity index (χ1v) is 8.67. The number of aliphatic carboxylic acids is 1. The molecule has 2 N–H and O–H groups in total. The molecule has 3 rings (SSSR count). The van der Waals surface area contributed by atoms with E-state index < -0.39 is 17.8 Å². The van der Waals surface area contributed by atoms with Crippen molar-refractivity contribution in [3.8, 4) is 0 Å². The number of carbonyl (C=O) groups is 2. The van der Waals surface area contributed by atoms with Gasteiger partial charge in [-0.05, 0) is 51.0 Å². The molecule has 2 bridgehead atoms. The fourth-order valence-corrected chi connectivity index (χ4v) is 4.74. The van der Waals surface area contributed by atoms with Crippen LogP contribution in [0.15, 0.2) is 41.5 Å². The highest BCUT2D eigenvalue weighted by atomic mass is 16.4. The highest BCUT2D eigenvalue weighted by Crippen LogP contribution is 2.57. The Kier molecular flexibility index (Phi) is 4.48. The van der Waals surface area contributed by atoms with E-state index in [1.165, 1.54) is 11.1 Å². The van der Waals surface area contributed by atoms with Gasteiger partial charge in [-0.3, -0.25) is 9.59 Å². The van der Waals surface area contributed by atoms with Crippen LogP contribution >= 0.6 is 0 Å². The fraction of sp³-hybridized carbons (Fsp3) is 0.500. The normalized spacial score (nSPS) is 29.4. The van der Waals surface area contributed by atoms with E-state index in [2.05, 4.69) is 5.32 Å². The highest BCUT2D eigenvalue weighted by Gasteiger charge is 2.57. The van der Waals surface area contributed by atoms with Gasteiger partial charge in [-0.1, -0.05) is 41.5 Å². The van der Waals surface area contributed by atoms with Crippen LogP contribution in [-0.2, 0) is 9.59 Å². The van der Waals surface area contributed by atoms with Crippen LogP contribution in [0.1, 0.15) is 45.2 Å². The van der Waals surface area contributed by atoms with Crippen LogP contribution in [-0.4, -0.2) is 17.0 Å². The molecule has 1 amide bonds. The Morgan fingerprint density at radius 2 is 1.67 bits per heavy atom. The molecule has 0 saturated heterocycles. The lowest BCUT2D eigenvalue weighted by molar-refractivity contribution is -0.149. The minimum absolute atomic E-state index is 0.0280. The standard InChI is InChI=1S/C20H25NO3/c1-11(2)16-14-9-10-15(16)18(20(23)24)17(14)19(22)21-12(3)13-7-5-4-6-8-13/h4-8,12,14-15,17-18H,9-10H2,1-3H3,(H,21,22)(H,23,24)/t12-,14-,15-,17-,18+/m1/s1. The topological polar surface area (TPSA) is 66.4 Å². The third-order valence-electron chi connectivity index (χ3n) is 5.67. The molecule has 0 unspecified atom stereocenters. The van der Waals surface area contributed by atoms with E-state index in [4.69, 9.17) is 0 Å². The average molecular weight is 327 g/mol. The van der Waals surface area contributed by atoms with E-state index in [0.29, 0.717) is 0 Å². The van der Waals surface area contributed by atoms with Crippen molar-refractivity contribution in [1.29, 1.82) is 0 Å². The van der Waals surface area contributed by atoms with Crippen molar-refractivity contribution in [2.75, 3.05) is 0 Å². The predicted molar refractivity (Wildman–Crippen MR) is 92.2 cm³/mol. The van der Waals surface area contributed by atoms with Gasteiger partial charge in [0, 0.05) is 0 Å². The second-order valence-electron chi connectivity index (χ2n) is 7.28. The molecule has 5 atom stereocenters. The van der Waals surface area contributed by atoms with Crippen molar-refractivity contribution in [3.63, 3.8) is 0 Å². The zero-order chi connectivity index (χ0) is 17.4. The Morgan fingerprint density at radius 1 is 1.08 bits per heavy atom. The minimum atomic E-state index is -0.839. The number of rotatable bonds is 4. The number of hydrogen-bond acceptors (Lipinski definition) is 2. The summed E-state index contributed by atoms with van der Waals surface area (Å²) in [7, 11) is 0. The van der Waals surface area contributed by atoms with Gasteiger partial charge in [0.15, 0.2) is 0 Å². The number of allylic oxidation sites excluding steroid dienone is 2. The molecule has 4 nitrogen and oxygen atoms in total. The molecule has 2 fully saturated rings. The van der Waals surface area contributed by atoms with Crippen LogP contribution in [0.5, 0.6) is 0 Å². The maximum Gasteiger partial charge on any atom is 0.307 e. The summed E-state index contributed by atoms with van der Waals surface area (Å²) in [5.41, 5.74) is 3.43. The van der Waals surface area contributed by atoms with Crippen LogP contribution in [0.4, 0.5) is 0 Å². The second-order valence-corrected chi connectivity index (χ2v) is 7.28. The number of carbonyl (C=O) groups excluding carboxylic acids is 1. The molecule has 0 spiro atoms. The van der Waals surface area contributed by atoms with Gasteiger partial charge in [0.1, 0.15) is 0 Å². The molecule has 24 heavy (non-hydrogen) atoms. The molecule has 1 aromatic carbocycles. The zero-order valence-corrected chi connectivity index (χ0v) is 14.5. The molecular weight excluding hydrogens is 302 g/mol. The summed E-state index contributed by atoms with van der Waals surface area (Å²) >= 11 is 0. The first-order valence-electron chi connectivity index (χ1n) is 8.67. The molecular formula is C20H25NO3. The fourth-order valence-electron chi connectivity index (χ4n) is 4.74. The number of nitrogens with one attached hydrogen (secondary N) is 1. The van der Waals surface area contributed by atoms with E-state index in [-0.39, 0.29) is 23.8 Å². The Bertz CT molecular complexity index is 675. The van der Waals surface area contributed by atoms with Gasteiger partial charge in [0.2, 0.25) is 5.91 Å². The van der Waals surface area contributed by atoms with E-state index in [1.807, 2.05) is 51.1 Å². The molecule has 0 radical (unpaired) electrons. The molecule has 0 aromatic heterocycles. The summed E-state index contributed by atoms with van der Waals surface area (Å²) in [4.78, 5) is 24.7. The van der Waals surface area contributed by atoms with Crippen LogP contribution in [0.3, 0.4) is 0 Å². The van der Waals surface area contributed by atoms with E-state index in [0.717, 1.165) is 18.4 Å². The lowest BCUT2D eigenvalue weighted by atomic mass is 9.78. The van der Waals surface area contributed by atoms with E-state index in [1.54, 1.807) is 0 Å². The molecule has 1 aromatic rings. The second kappa shape index (κ2) is 6.42. The number of amides is 1. The van der Waals surface area contributed by atoms with Crippen LogP contribution < -0.4 is 5.32 Å². The van der Waals surface area contributed by atoms with Crippen LogP contribution in [0.25, 0.3) is 0 Å². The SMILES string of the molecule is CC(C)=C1[C@H]2CC[C@H]1[C@@H](C(=O)N[C@H](C)c1ccccc1)[C@H]2C(=O)O. The summed E-state index contributed by atoms with van der Waals surface area (Å²) in [5, 5.41) is 12.7. The lowest BCUT2D eigenvalue weighted by Crippen LogP contribution is -2.42. The number of fused-ring (bicyclic) bond motifs is 2. The molecule has 128 valence electrons. The molecule has 2 saturated carbocycles. The third-order valence-corrected chi connectivity index (χ3v) is 5.67. The Balaban J connectivity index is 1.83. The zero-order valence-electron chi connectivity index (χ0n) is 14.5. The first kappa shape index (κ1) is 16.7. The van der Waals surface area contributed by atoms with Crippen molar-refractivity contribution >= 4 is 11.9 Å². The smallest absolute Gasteiger partial charge is 0.307 e. The summed E-state index contributed by atoms with van der Waals surface area (Å²) < 4.78 is 0. The first-order chi connectivity index (χ1) is 11.4. The Labute approximate surface area is 143 Å². The lowest BCUT2D eigenvalue weighted by Gasteiger charge is -2.28.